The first-order valence-electron chi connectivity index (χ1n) is 7.26. The number of carbonyl (C=O) groups excluding carboxylic acids is 2. The molecule has 0 radical (unpaired) electrons. The standard InChI is InChI=1S/C15H17F3O7S/c1-8(2)13(19)24-11-6-9(3)4-5-10(11)14(20)25-12(15(16,17)18)7-26(21,22)23/h4-6,8,12H,7H2,1-3H3,(H,21,22,23). The topological polar surface area (TPSA) is 107 Å². The number of esters is 2. The molecule has 0 amide bonds. The Morgan fingerprint density at radius 1 is 1.23 bits per heavy atom. The fourth-order valence-corrected chi connectivity index (χ4v) is 2.33. The Morgan fingerprint density at radius 2 is 1.81 bits per heavy atom. The molecular weight excluding hydrogens is 381 g/mol. The Balaban J connectivity index is 3.17. The first-order chi connectivity index (χ1) is 11.7. The quantitative estimate of drug-likeness (QED) is 0.446. The van der Waals surface area contributed by atoms with E-state index in [1.54, 1.807) is 6.92 Å². The lowest BCUT2D eigenvalue weighted by Crippen LogP contribution is -2.39. The van der Waals surface area contributed by atoms with E-state index in [2.05, 4.69) is 4.74 Å². The van der Waals surface area contributed by atoms with Gasteiger partial charge in [0.15, 0.2) is 0 Å². The molecule has 1 aromatic rings. The van der Waals surface area contributed by atoms with Crippen LogP contribution in [0.3, 0.4) is 0 Å². The van der Waals surface area contributed by atoms with Crippen LogP contribution >= 0.6 is 0 Å². The van der Waals surface area contributed by atoms with Crippen molar-refractivity contribution in [3.63, 3.8) is 0 Å². The number of hydrogen-bond donors (Lipinski definition) is 1. The van der Waals surface area contributed by atoms with Crippen molar-refractivity contribution in [3.8, 4) is 5.75 Å². The van der Waals surface area contributed by atoms with Crippen LogP contribution in [0, 0.1) is 12.8 Å². The van der Waals surface area contributed by atoms with E-state index in [9.17, 15) is 31.2 Å². The second-order valence-electron chi connectivity index (χ2n) is 5.76. The number of alkyl halides is 3. The Bertz CT molecular complexity index is 785. The van der Waals surface area contributed by atoms with Gasteiger partial charge in [-0.2, -0.15) is 21.6 Å². The lowest BCUT2D eigenvalue weighted by Gasteiger charge is -2.20. The minimum Gasteiger partial charge on any atom is -0.448 e. The van der Waals surface area contributed by atoms with Gasteiger partial charge in [0.05, 0.1) is 5.92 Å². The number of carbonyl (C=O) groups is 2. The zero-order valence-corrected chi connectivity index (χ0v) is 14.8. The lowest BCUT2D eigenvalue weighted by molar-refractivity contribution is -0.197. The molecule has 0 aliphatic carbocycles. The predicted octanol–water partition coefficient (Wildman–Crippen LogP) is 2.53. The molecule has 1 atom stereocenters. The summed E-state index contributed by atoms with van der Waals surface area (Å²) < 4.78 is 77.9. The Hall–Kier alpha value is -2.14. The summed E-state index contributed by atoms with van der Waals surface area (Å²) in [4.78, 5) is 23.8. The fraction of sp³-hybridized carbons (Fsp3) is 0.467. The zero-order chi connectivity index (χ0) is 20.3. The maximum atomic E-state index is 12.9. The maximum absolute atomic E-state index is 12.9. The predicted molar refractivity (Wildman–Crippen MR) is 83.3 cm³/mol. The fourth-order valence-electron chi connectivity index (χ4n) is 1.69. The first-order valence-corrected chi connectivity index (χ1v) is 8.87. The molecule has 0 heterocycles. The molecule has 1 aromatic carbocycles. The van der Waals surface area contributed by atoms with Crippen molar-refractivity contribution >= 4 is 22.1 Å². The average Bonchev–Trinajstić information content (AvgIpc) is 2.43. The minimum atomic E-state index is -5.23. The zero-order valence-electron chi connectivity index (χ0n) is 14.0. The minimum absolute atomic E-state index is 0.318. The molecule has 1 unspecified atom stereocenters. The summed E-state index contributed by atoms with van der Waals surface area (Å²) in [5.74, 6) is -5.02. The van der Waals surface area contributed by atoms with Crippen LogP contribution in [0.1, 0.15) is 29.8 Å². The number of halogens is 3. The van der Waals surface area contributed by atoms with Crippen LogP contribution in [0.25, 0.3) is 0 Å². The summed E-state index contributed by atoms with van der Waals surface area (Å²) in [7, 11) is -5.06. The van der Waals surface area contributed by atoms with Crippen LogP contribution in [0.4, 0.5) is 13.2 Å². The van der Waals surface area contributed by atoms with E-state index in [1.807, 2.05) is 0 Å². The molecule has 0 aliphatic rings. The van der Waals surface area contributed by atoms with Crippen molar-refractivity contribution in [1.29, 1.82) is 0 Å². The van der Waals surface area contributed by atoms with Gasteiger partial charge in [0.1, 0.15) is 17.1 Å². The van der Waals surface area contributed by atoms with Gasteiger partial charge in [-0.1, -0.05) is 19.9 Å². The summed E-state index contributed by atoms with van der Waals surface area (Å²) in [6.07, 6.45) is -8.31. The Morgan fingerprint density at radius 3 is 2.27 bits per heavy atom. The van der Waals surface area contributed by atoms with Crippen LogP contribution in [0.5, 0.6) is 5.75 Å². The molecule has 26 heavy (non-hydrogen) atoms. The van der Waals surface area contributed by atoms with Gasteiger partial charge in [0.2, 0.25) is 6.10 Å². The number of ether oxygens (including phenoxy) is 2. The highest BCUT2D eigenvalue weighted by Gasteiger charge is 2.45. The molecule has 0 spiro atoms. The van der Waals surface area contributed by atoms with E-state index >= 15 is 0 Å². The lowest BCUT2D eigenvalue weighted by atomic mass is 10.1. The molecule has 146 valence electrons. The van der Waals surface area contributed by atoms with Gasteiger partial charge < -0.3 is 9.47 Å². The summed E-state index contributed by atoms with van der Waals surface area (Å²) in [5, 5.41) is 0. The maximum Gasteiger partial charge on any atom is 0.426 e. The number of aryl methyl sites for hydroxylation is 1. The monoisotopic (exact) mass is 398 g/mol. The van der Waals surface area contributed by atoms with Crippen LogP contribution < -0.4 is 4.74 Å². The van der Waals surface area contributed by atoms with Gasteiger partial charge in [-0.15, -0.1) is 0 Å². The third kappa shape index (κ3) is 6.64. The molecule has 0 aromatic heterocycles. The van der Waals surface area contributed by atoms with Crippen LogP contribution in [-0.2, 0) is 19.6 Å². The first kappa shape index (κ1) is 21.9. The molecule has 0 bridgehead atoms. The normalized spacial score (nSPS) is 13.4. The highest BCUT2D eigenvalue weighted by atomic mass is 32.2. The van der Waals surface area contributed by atoms with Gasteiger partial charge in [0, 0.05) is 0 Å². The van der Waals surface area contributed by atoms with Gasteiger partial charge >= 0.3 is 18.1 Å². The van der Waals surface area contributed by atoms with E-state index < -0.39 is 51.6 Å². The number of hydrogen-bond acceptors (Lipinski definition) is 6. The van der Waals surface area contributed by atoms with Crippen molar-refractivity contribution in [2.24, 2.45) is 5.92 Å². The average molecular weight is 398 g/mol. The van der Waals surface area contributed by atoms with Crippen molar-refractivity contribution in [3.05, 3.63) is 29.3 Å². The molecule has 7 nitrogen and oxygen atoms in total. The van der Waals surface area contributed by atoms with Crippen molar-refractivity contribution in [1.82, 2.24) is 0 Å². The van der Waals surface area contributed by atoms with E-state index in [0.29, 0.717) is 5.56 Å². The van der Waals surface area contributed by atoms with Crippen LogP contribution in [0.2, 0.25) is 0 Å². The van der Waals surface area contributed by atoms with Crippen molar-refractivity contribution in [2.75, 3.05) is 5.75 Å². The summed E-state index contributed by atoms with van der Waals surface area (Å²) >= 11 is 0. The largest absolute Gasteiger partial charge is 0.448 e. The highest BCUT2D eigenvalue weighted by molar-refractivity contribution is 7.85. The molecule has 0 aliphatic heterocycles. The number of benzene rings is 1. The smallest absolute Gasteiger partial charge is 0.426 e. The number of rotatable bonds is 6. The van der Waals surface area contributed by atoms with Crippen LogP contribution in [-0.4, -0.2) is 42.9 Å². The van der Waals surface area contributed by atoms with E-state index in [0.717, 1.165) is 6.07 Å². The molecular formula is C15H17F3O7S. The molecule has 0 saturated heterocycles. The SMILES string of the molecule is Cc1ccc(C(=O)OC(CS(=O)(=O)O)C(F)(F)F)c(OC(=O)C(C)C)c1. The van der Waals surface area contributed by atoms with Crippen molar-refractivity contribution < 1.29 is 45.2 Å². The van der Waals surface area contributed by atoms with Crippen molar-refractivity contribution in [2.45, 2.75) is 33.1 Å². The molecule has 1 N–H and O–H groups in total. The van der Waals surface area contributed by atoms with E-state index in [4.69, 9.17) is 9.29 Å². The molecule has 0 saturated carbocycles. The highest BCUT2D eigenvalue weighted by Crippen LogP contribution is 2.28. The van der Waals surface area contributed by atoms with Gasteiger partial charge in [0.25, 0.3) is 10.1 Å². The van der Waals surface area contributed by atoms with Gasteiger partial charge in [-0.25, -0.2) is 4.79 Å². The third-order valence-electron chi connectivity index (χ3n) is 3.02. The Labute approximate surface area is 147 Å². The van der Waals surface area contributed by atoms with Crippen LogP contribution in [0.15, 0.2) is 18.2 Å². The molecule has 1 rings (SSSR count). The summed E-state index contributed by atoms with van der Waals surface area (Å²) in [6, 6.07) is 3.71. The van der Waals surface area contributed by atoms with E-state index in [1.165, 1.54) is 26.0 Å². The molecule has 11 heteroatoms. The van der Waals surface area contributed by atoms with E-state index in [-0.39, 0.29) is 5.75 Å². The van der Waals surface area contributed by atoms with Gasteiger partial charge in [-0.3, -0.25) is 9.35 Å². The molecule has 0 fully saturated rings. The Kier molecular flexibility index (Phi) is 6.77. The third-order valence-corrected chi connectivity index (χ3v) is 3.74. The second-order valence-corrected chi connectivity index (χ2v) is 7.26. The van der Waals surface area contributed by atoms with Gasteiger partial charge in [-0.05, 0) is 24.6 Å². The summed E-state index contributed by atoms with van der Waals surface area (Å²) in [5.41, 5.74) is 0.0626. The summed E-state index contributed by atoms with van der Waals surface area (Å²) in [6.45, 7) is 4.63. The second kappa shape index (κ2) is 8.04.